The number of carbonyl (C=O) groups excluding carboxylic acids is 2. The molecule has 1 saturated carbocycles. The normalized spacial score (nSPS) is 17.5. The Morgan fingerprint density at radius 1 is 1.20 bits per heavy atom. The Kier molecular flexibility index (Phi) is 8.26. The molecule has 0 bridgehead atoms. The molecule has 0 spiro atoms. The lowest BCUT2D eigenvalue weighted by molar-refractivity contribution is -0.127. The van der Waals surface area contributed by atoms with Crippen molar-refractivity contribution in [3.63, 3.8) is 0 Å². The van der Waals surface area contributed by atoms with Crippen molar-refractivity contribution < 1.29 is 14.7 Å². The lowest BCUT2D eigenvalue weighted by Gasteiger charge is -2.21. The van der Waals surface area contributed by atoms with Crippen LogP contribution in [0.15, 0.2) is 0 Å². The lowest BCUT2D eigenvalue weighted by Crippen LogP contribution is -2.42. The van der Waals surface area contributed by atoms with Gasteiger partial charge in [0.15, 0.2) is 0 Å². The molecular formula is C15H28N2O3. The van der Waals surface area contributed by atoms with Crippen LogP contribution in [-0.2, 0) is 9.59 Å². The summed E-state index contributed by atoms with van der Waals surface area (Å²) in [5.41, 5.74) is 0. The van der Waals surface area contributed by atoms with Gasteiger partial charge in [-0.1, -0.05) is 26.2 Å². The molecule has 0 aromatic rings. The highest BCUT2D eigenvalue weighted by atomic mass is 16.3. The second-order valence-corrected chi connectivity index (χ2v) is 5.67. The van der Waals surface area contributed by atoms with E-state index in [9.17, 15) is 9.59 Å². The highest BCUT2D eigenvalue weighted by Crippen LogP contribution is 2.25. The lowest BCUT2D eigenvalue weighted by atomic mass is 9.87. The molecule has 1 aliphatic rings. The van der Waals surface area contributed by atoms with Crippen molar-refractivity contribution in [3.05, 3.63) is 0 Å². The summed E-state index contributed by atoms with van der Waals surface area (Å²) in [6, 6.07) is -0.0113. The molecule has 5 heteroatoms. The summed E-state index contributed by atoms with van der Waals surface area (Å²) in [5.74, 6) is 0.286. The fraction of sp³-hybridized carbons (Fsp3) is 0.867. The van der Waals surface area contributed by atoms with Crippen LogP contribution >= 0.6 is 0 Å². The molecule has 0 aliphatic heterocycles. The first-order valence-corrected chi connectivity index (χ1v) is 7.82. The van der Waals surface area contributed by atoms with Crippen LogP contribution in [-0.4, -0.2) is 36.1 Å². The molecule has 0 saturated heterocycles. The zero-order chi connectivity index (χ0) is 14.8. The predicted molar refractivity (Wildman–Crippen MR) is 78.1 cm³/mol. The maximum Gasteiger partial charge on any atom is 0.239 e. The second-order valence-electron chi connectivity index (χ2n) is 5.67. The average Bonchev–Trinajstić information content (AvgIpc) is 2.45. The molecule has 0 radical (unpaired) electrons. The molecule has 5 nitrogen and oxygen atoms in total. The van der Waals surface area contributed by atoms with Crippen molar-refractivity contribution in [3.8, 4) is 0 Å². The van der Waals surface area contributed by atoms with Gasteiger partial charge in [-0.15, -0.1) is 0 Å². The van der Waals surface area contributed by atoms with Gasteiger partial charge < -0.3 is 15.7 Å². The number of rotatable bonds is 8. The van der Waals surface area contributed by atoms with Crippen LogP contribution < -0.4 is 10.6 Å². The second kappa shape index (κ2) is 9.75. The van der Waals surface area contributed by atoms with E-state index in [0.717, 1.165) is 19.3 Å². The molecule has 1 aliphatic carbocycles. The molecule has 1 atom stereocenters. The number of carbonyl (C=O) groups is 2. The molecule has 0 aromatic carbocycles. The highest BCUT2D eigenvalue weighted by molar-refractivity contribution is 5.84. The van der Waals surface area contributed by atoms with Gasteiger partial charge in [0.1, 0.15) is 0 Å². The number of amides is 2. The molecule has 20 heavy (non-hydrogen) atoms. The van der Waals surface area contributed by atoms with Gasteiger partial charge in [-0.25, -0.2) is 0 Å². The van der Waals surface area contributed by atoms with Crippen molar-refractivity contribution in [1.29, 1.82) is 0 Å². The number of hydrogen-bond acceptors (Lipinski definition) is 3. The fourth-order valence-corrected chi connectivity index (χ4v) is 2.72. The minimum Gasteiger partial charge on any atom is -0.396 e. The van der Waals surface area contributed by atoms with Crippen molar-refractivity contribution in [2.45, 2.75) is 64.3 Å². The Morgan fingerprint density at radius 2 is 1.90 bits per heavy atom. The van der Waals surface area contributed by atoms with Crippen molar-refractivity contribution in [2.75, 3.05) is 13.2 Å². The quantitative estimate of drug-likeness (QED) is 0.629. The van der Waals surface area contributed by atoms with E-state index in [1.807, 2.05) is 6.92 Å². The van der Waals surface area contributed by atoms with Gasteiger partial charge >= 0.3 is 0 Å². The molecule has 1 unspecified atom stereocenters. The molecule has 1 rings (SSSR count). The molecule has 2 amide bonds. The number of nitrogens with one attached hydrogen (secondary N) is 2. The largest absolute Gasteiger partial charge is 0.396 e. The summed E-state index contributed by atoms with van der Waals surface area (Å²) < 4.78 is 0. The Hall–Kier alpha value is -1.10. The summed E-state index contributed by atoms with van der Waals surface area (Å²) in [4.78, 5) is 23.4. The van der Waals surface area contributed by atoms with E-state index in [4.69, 9.17) is 5.11 Å². The summed E-state index contributed by atoms with van der Waals surface area (Å²) in [6.07, 6.45) is 7.86. The highest BCUT2D eigenvalue weighted by Gasteiger charge is 2.17. The minimum atomic E-state index is -0.178. The first kappa shape index (κ1) is 17.0. The Labute approximate surface area is 121 Å². The summed E-state index contributed by atoms with van der Waals surface area (Å²) >= 11 is 0. The van der Waals surface area contributed by atoms with Crippen LogP contribution in [0.2, 0.25) is 0 Å². The predicted octanol–water partition coefficient (Wildman–Crippen LogP) is 1.35. The Bertz CT molecular complexity index is 283. The minimum absolute atomic E-state index is 0.0113. The van der Waals surface area contributed by atoms with E-state index in [0.29, 0.717) is 18.8 Å². The summed E-state index contributed by atoms with van der Waals surface area (Å²) in [5, 5.41) is 14.4. The topological polar surface area (TPSA) is 78.4 Å². The summed E-state index contributed by atoms with van der Waals surface area (Å²) in [7, 11) is 0. The van der Waals surface area contributed by atoms with E-state index in [1.165, 1.54) is 19.3 Å². The number of hydrogen-bond donors (Lipinski definition) is 3. The van der Waals surface area contributed by atoms with Crippen molar-refractivity contribution >= 4 is 11.8 Å². The summed E-state index contributed by atoms with van der Waals surface area (Å²) in [6.45, 7) is 2.06. The van der Waals surface area contributed by atoms with Gasteiger partial charge in [-0.3, -0.25) is 9.59 Å². The van der Waals surface area contributed by atoms with Crippen molar-refractivity contribution in [2.24, 2.45) is 5.92 Å². The van der Waals surface area contributed by atoms with Crippen LogP contribution in [0.4, 0.5) is 0 Å². The van der Waals surface area contributed by atoms with Gasteiger partial charge in [0.05, 0.1) is 6.54 Å². The number of aliphatic hydroxyl groups excluding tert-OH is 1. The average molecular weight is 284 g/mol. The zero-order valence-electron chi connectivity index (χ0n) is 12.5. The van der Waals surface area contributed by atoms with Gasteiger partial charge in [-0.05, 0) is 31.6 Å². The van der Waals surface area contributed by atoms with E-state index in [2.05, 4.69) is 10.6 Å². The van der Waals surface area contributed by atoms with Crippen molar-refractivity contribution in [1.82, 2.24) is 10.6 Å². The first-order chi connectivity index (χ1) is 9.65. The monoisotopic (exact) mass is 284 g/mol. The van der Waals surface area contributed by atoms with E-state index < -0.39 is 0 Å². The smallest absolute Gasteiger partial charge is 0.239 e. The third kappa shape index (κ3) is 6.89. The van der Waals surface area contributed by atoms with Crippen LogP contribution in [0, 0.1) is 5.92 Å². The van der Waals surface area contributed by atoms with Gasteiger partial charge in [-0.2, -0.15) is 0 Å². The van der Waals surface area contributed by atoms with Gasteiger partial charge in [0.25, 0.3) is 0 Å². The molecule has 1 fully saturated rings. The van der Waals surface area contributed by atoms with Crippen LogP contribution in [0.1, 0.15) is 58.3 Å². The molecule has 0 heterocycles. The Morgan fingerprint density at radius 3 is 2.50 bits per heavy atom. The van der Waals surface area contributed by atoms with E-state index in [1.54, 1.807) is 0 Å². The fourth-order valence-electron chi connectivity index (χ4n) is 2.72. The van der Waals surface area contributed by atoms with E-state index in [-0.39, 0.29) is 31.0 Å². The Balaban J connectivity index is 2.17. The third-order valence-corrected chi connectivity index (χ3v) is 3.98. The SMILES string of the molecule is CCC(CCO)NC(=O)CNC(=O)CC1CCCCC1. The third-order valence-electron chi connectivity index (χ3n) is 3.98. The van der Waals surface area contributed by atoms with E-state index >= 15 is 0 Å². The molecule has 116 valence electrons. The maximum atomic E-state index is 11.8. The first-order valence-electron chi connectivity index (χ1n) is 7.82. The van der Waals surface area contributed by atoms with Gasteiger partial charge in [0, 0.05) is 19.1 Å². The van der Waals surface area contributed by atoms with Crippen LogP contribution in [0.25, 0.3) is 0 Å². The molecule has 3 N–H and O–H groups in total. The standard InChI is InChI=1S/C15H28N2O3/c1-2-13(8-9-18)17-15(20)11-16-14(19)10-12-6-4-3-5-7-12/h12-13,18H,2-11H2,1H3,(H,16,19)(H,17,20). The molecule has 0 aromatic heterocycles. The number of aliphatic hydroxyl groups is 1. The maximum absolute atomic E-state index is 11.8. The van der Waals surface area contributed by atoms with Gasteiger partial charge in [0.2, 0.25) is 11.8 Å². The van der Waals surface area contributed by atoms with Crippen LogP contribution in [0.5, 0.6) is 0 Å². The zero-order valence-corrected chi connectivity index (χ0v) is 12.5. The molecular weight excluding hydrogens is 256 g/mol. The van der Waals surface area contributed by atoms with Crippen LogP contribution in [0.3, 0.4) is 0 Å².